The lowest BCUT2D eigenvalue weighted by molar-refractivity contribution is -0.137. The van der Waals surface area contributed by atoms with Crippen molar-refractivity contribution < 1.29 is 13.2 Å². The first-order chi connectivity index (χ1) is 8.88. The highest BCUT2D eigenvalue weighted by molar-refractivity contribution is 5.27. The number of benzene rings is 1. The molecule has 19 heavy (non-hydrogen) atoms. The lowest BCUT2D eigenvalue weighted by Gasteiger charge is -2.23. The third-order valence-corrected chi connectivity index (χ3v) is 4.04. The fraction of sp³-hybridized carbons (Fsp3) is 0.600. The zero-order valence-electron chi connectivity index (χ0n) is 11.3. The van der Waals surface area contributed by atoms with Crippen LogP contribution in [0.4, 0.5) is 13.2 Å². The molecule has 106 valence electrons. The minimum atomic E-state index is -4.27. The normalized spacial score (nSPS) is 25.5. The van der Waals surface area contributed by atoms with E-state index in [0.29, 0.717) is 17.5 Å². The lowest BCUT2D eigenvalue weighted by atomic mass is 10.0. The first-order valence-electron chi connectivity index (χ1n) is 6.81. The van der Waals surface area contributed by atoms with Gasteiger partial charge in [-0.1, -0.05) is 25.5 Å². The van der Waals surface area contributed by atoms with Crippen LogP contribution in [0, 0.1) is 5.92 Å². The lowest BCUT2D eigenvalue weighted by Crippen LogP contribution is -2.33. The molecule has 0 spiro atoms. The summed E-state index contributed by atoms with van der Waals surface area (Å²) in [5.74, 6) is 0.605. The number of hydrogen-bond donors (Lipinski definition) is 1. The largest absolute Gasteiger partial charge is 0.416 e. The molecule has 4 heteroatoms. The summed E-state index contributed by atoms with van der Waals surface area (Å²) in [7, 11) is 0. The van der Waals surface area contributed by atoms with Crippen molar-refractivity contribution in [2.24, 2.45) is 5.92 Å². The van der Waals surface area contributed by atoms with E-state index in [-0.39, 0.29) is 6.04 Å². The molecule has 1 N–H and O–H groups in total. The molecular formula is C15H20F3N. The first-order valence-corrected chi connectivity index (χ1v) is 6.81. The summed E-state index contributed by atoms with van der Waals surface area (Å²) in [5.41, 5.74) is 0.132. The molecular weight excluding hydrogens is 251 g/mol. The minimum absolute atomic E-state index is 0.0483. The summed E-state index contributed by atoms with van der Waals surface area (Å²) in [5, 5.41) is 3.46. The summed E-state index contributed by atoms with van der Waals surface area (Å²) in [6.45, 7) is 4.13. The van der Waals surface area contributed by atoms with E-state index in [2.05, 4.69) is 12.2 Å². The van der Waals surface area contributed by atoms with Crippen LogP contribution in [-0.4, -0.2) is 6.04 Å². The van der Waals surface area contributed by atoms with Crippen molar-refractivity contribution in [2.75, 3.05) is 0 Å². The Hall–Kier alpha value is -1.03. The van der Waals surface area contributed by atoms with E-state index in [4.69, 9.17) is 0 Å². The number of rotatable bonds is 3. The Kier molecular flexibility index (Phi) is 4.19. The maximum atomic E-state index is 12.7. The van der Waals surface area contributed by atoms with Crippen LogP contribution in [0.5, 0.6) is 0 Å². The molecule has 1 fully saturated rings. The van der Waals surface area contributed by atoms with Crippen molar-refractivity contribution in [1.82, 2.24) is 5.32 Å². The fourth-order valence-corrected chi connectivity index (χ4v) is 2.79. The maximum absolute atomic E-state index is 12.7. The molecule has 1 aliphatic rings. The summed E-state index contributed by atoms with van der Waals surface area (Å²) < 4.78 is 38.0. The van der Waals surface area contributed by atoms with Crippen LogP contribution in [-0.2, 0) is 6.18 Å². The van der Waals surface area contributed by atoms with Crippen molar-refractivity contribution in [2.45, 2.75) is 51.4 Å². The molecule has 1 aromatic carbocycles. The molecule has 0 amide bonds. The zero-order valence-corrected chi connectivity index (χ0v) is 11.3. The standard InChI is InChI=1S/C15H20F3N/c1-10-5-3-8-14(10)19-11(2)12-6-4-7-13(9-12)15(16,17)18/h4,6-7,9-11,14,19H,3,5,8H2,1-2H3. The molecule has 3 unspecified atom stereocenters. The van der Waals surface area contributed by atoms with Gasteiger partial charge in [0.25, 0.3) is 0 Å². The van der Waals surface area contributed by atoms with Gasteiger partial charge in [0.2, 0.25) is 0 Å². The molecule has 0 saturated heterocycles. The van der Waals surface area contributed by atoms with Gasteiger partial charge >= 0.3 is 6.18 Å². The number of hydrogen-bond acceptors (Lipinski definition) is 1. The number of alkyl halides is 3. The van der Waals surface area contributed by atoms with Gasteiger partial charge in [-0.2, -0.15) is 13.2 Å². The van der Waals surface area contributed by atoms with Gasteiger partial charge in [-0.25, -0.2) is 0 Å². The minimum Gasteiger partial charge on any atom is -0.307 e. The second kappa shape index (κ2) is 5.53. The van der Waals surface area contributed by atoms with Crippen LogP contribution >= 0.6 is 0 Å². The Labute approximate surface area is 112 Å². The Bertz CT molecular complexity index is 428. The van der Waals surface area contributed by atoms with Gasteiger partial charge in [0, 0.05) is 12.1 Å². The van der Waals surface area contributed by atoms with Gasteiger partial charge in [0.15, 0.2) is 0 Å². The van der Waals surface area contributed by atoms with Crippen molar-refractivity contribution in [3.05, 3.63) is 35.4 Å². The van der Waals surface area contributed by atoms with Crippen molar-refractivity contribution in [3.63, 3.8) is 0 Å². The Morgan fingerprint density at radius 1 is 1.26 bits per heavy atom. The number of halogens is 3. The third kappa shape index (κ3) is 3.50. The fourth-order valence-electron chi connectivity index (χ4n) is 2.79. The Morgan fingerprint density at radius 2 is 2.00 bits per heavy atom. The molecule has 0 bridgehead atoms. The van der Waals surface area contributed by atoms with Crippen LogP contribution in [0.1, 0.15) is 50.3 Å². The summed E-state index contributed by atoms with van der Waals surface area (Å²) in [6, 6.07) is 5.98. The van der Waals surface area contributed by atoms with Crippen LogP contribution in [0.3, 0.4) is 0 Å². The molecule has 1 aromatic rings. The Morgan fingerprint density at radius 3 is 2.58 bits per heavy atom. The smallest absolute Gasteiger partial charge is 0.307 e. The van der Waals surface area contributed by atoms with Crippen molar-refractivity contribution >= 4 is 0 Å². The van der Waals surface area contributed by atoms with E-state index in [0.717, 1.165) is 12.5 Å². The number of nitrogens with one attached hydrogen (secondary N) is 1. The average Bonchev–Trinajstić information content (AvgIpc) is 2.74. The molecule has 1 saturated carbocycles. The molecule has 0 radical (unpaired) electrons. The summed E-state index contributed by atoms with van der Waals surface area (Å²) in [6.07, 6.45) is -0.748. The predicted molar refractivity (Wildman–Crippen MR) is 69.8 cm³/mol. The highest BCUT2D eigenvalue weighted by atomic mass is 19.4. The van der Waals surface area contributed by atoms with Crippen LogP contribution in [0.2, 0.25) is 0 Å². The molecule has 1 aliphatic carbocycles. The van der Waals surface area contributed by atoms with Gasteiger partial charge in [-0.3, -0.25) is 0 Å². The van der Waals surface area contributed by atoms with E-state index >= 15 is 0 Å². The van der Waals surface area contributed by atoms with Gasteiger partial charge in [0.05, 0.1) is 5.56 Å². The molecule has 0 aliphatic heterocycles. The second-order valence-corrected chi connectivity index (χ2v) is 5.53. The summed E-state index contributed by atoms with van der Waals surface area (Å²) in [4.78, 5) is 0. The van der Waals surface area contributed by atoms with E-state index in [1.807, 2.05) is 6.92 Å². The average molecular weight is 271 g/mol. The highest BCUT2D eigenvalue weighted by Crippen LogP contribution is 2.32. The monoisotopic (exact) mass is 271 g/mol. The first kappa shape index (κ1) is 14.4. The maximum Gasteiger partial charge on any atom is 0.416 e. The van der Waals surface area contributed by atoms with E-state index in [1.54, 1.807) is 6.07 Å². The van der Waals surface area contributed by atoms with Crippen molar-refractivity contribution in [1.29, 1.82) is 0 Å². The van der Waals surface area contributed by atoms with Gasteiger partial charge in [-0.15, -0.1) is 0 Å². The predicted octanol–water partition coefficient (Wildman–Crippen LogP) is 4.54. The van der Waals surface area contributed by atoms with E-state index in [9.17, 15) is 13.2 Å². The van der Waals surface area contributed by atoms with Crippen LogP contribution in [0.25, 0.3) is 0 Å². The Balaban J connectivity index is 2.08. The van der Waals surface area contributed by atoms with Crippen LogP contribution in [0.15, 0.2) is 24.3 Å². The van der Waals surface area contributed by atoms with Crippen molar-refractivity contribution in [3.8, 4) is 0 Å². The zero-order chi connectivity index (χ0) is 14.0. The van der Waals surface area contributed by atoms with E-state index in [1.165, 1.54) is 25.0 Å². The SMILES string of the molecule is CC(NC1CCCC1C)c1cccc(C(F)(F)F)c1. The van der Waals surface area contributed by atoms with Gasteiger partial charge < -0.3 is 5.32 Å². The highest BCUT2D eigenvalue weighted by Gasteiger charge is 2.31. The topological polar surface area (TPSA) is 12.0 Å². The summed E-state index contributed by atoms with van der Waals surface area (Å²) >= 11 is 0. The van der Waals surface area contributed by atoms with E-state index < -0.39 is 11.7 Å². The molecule has 1 nitrogen and oxygen atoms in total. The second-order valence-electron chi connectivity index (χ2n) is 5.53. The molecule has 0 heterocycles. The van der Waals surface area contributed by atoms with Crippen LogP contribution < -0.4 is 5.32 Å². The van der Waals surface area contributed by atoms with Gasteiger partial charge in [-0.05, 0) is 43.4 Å². The molecule has 0 aromatic heterocycles. The van der Waals surface area contributed by atoms with Gasteiger partial charge in [0.1, 0.15) is 0 Å². The molecule has 2 rings (SSSR count). The third-order valence-electron chi connectivity index (χ3n) is 4.04. The molecule has 3 atom stereocenters. The quantitative estimate of drug-likeness (QED) is 0.850.